The van der Waals surface area contributed by atoms with E-state index in [9.17, 15) is 0 Å². The highest BCUT2D eigenvalue weighted by molar-refractivity contribution is 9.11. The van der Waals surface area contributed by atoms with Crippen LogP contribution in [0.25, 0.3) is 0 Å². The van der Waals surface area contributed by atoms with Gasteiger partial charge in [-0.15, -0.1) is 0 Å². The molecule has 0 heterocycles. The van der Waals surface area contributed by atoms with Crippen LogP contribution in [0.1, 0.15) is 11.1 Å². The summed E-state index contributed by atoms with van der Waals surface area (Å²) in [5, 5.41) is 4.79. The zero-order chi connectivity index (χ0) is 18.5. The number of hydrogen-bond acceptors (Lipinski definition) is 2. The fraction of sp³-hybridized carbons (Fsp3) is 0.100. The molecule has 0 aromatic heterocycles. The summed E-state index contributed by atoms with van der Waals surface area (Å²) in [4.78, 5) is 0. The van der Waals surface area contributed by atoms with Crippen LogP contribution in [-0.4, -0.2) is 0 Å². The smallest absolute Gasteiger partial charge is 0.139 e. The average molecular weight is 516 g/mol. The third-order valence-corrected chi connectivity index (χ3v) is 5.41. The van der Waals surface area contributed by atoms with E-state index in [0.29, 0.717) is 23.2 Å². The fourth-order valence-corrected chi connectivity index (χ4v) is 4.18. The first kappa shape index (κ1) is 19.6. The molecule has 0 aliphatic heterocycles. The molecule has 3 rings (SSSR count). The van der Waals surface area contributed by atoms with Crippen LogP contribution in [0.15, 0.2) is 69.6 Å². The Hall–Kier alpha value is -1.20. The average Bonchev–Trinajstić information content (AvgIpc) is 2.61. The highest BCUT2D eigenvalue weighted by Gasteiger charge is 2.12. The highest BCUT2D eigenvalue weighted by Crippen LogP contribution is 2.34. The molecule has 0 spiro atoms. The van der Waals surface area contributed by atoms with E-state index in [0.717, 1.165) is 31.5 Å². The number of ether oxygens (including phenoxy) is 1. The van der Waals surface area contributed by atoms with E-state index in [-0.39, 0.29) is 0 Å². The molecule has 3 aromatic rings. The van der Waals surface area contributed by atoms with Crippen LogP contribution >= 0.6 is 55.1 Å². The molecule has 0 atom stereocenters. The van der Waals surface area contributed by atoms with Gasteiger partial charge in [-0.2, -0.15) is 0 Å². The summed E-state index contributed by atoms with van der Waals surface area (Å²) in [7, 11) is 0. The van der Waals surface area contributed by atoms with Crippen LogP contribution in [0.5, 0.6) is 5.75 Å². The number of anilines is 1. The van der Waals surface area contributed by atoms with Crippen molar-refractivity contribution in [3.8, 4) is 5.75 Å². The fourth-order valence-electron chi connectivity index (χ4n) is 2.44. The van der Waals surface area contributed by atoms with Gasteiger partial charge in [-0.05, 0) is 58.4 Å². The van der Waals surface area contributed by atoms with E-state index in [1.807, 2.05) is 60.7 Å². The number of hydrogen-bond donors (Lipinski definition) is 1. The zero-order valence-electron chi connectivity index (χ0n) is 13.6. The zero-order valence-corrected chi connectivity index (χ0v) is 18.3. The van der Waals surface area contributed by atoms with Crippen LogP contribution in [0.4, 0.5) is 5.69 Å². The van der Waals surface area contributed by atoms with Gasteiger partial charge in [0.15, 0.2) is 0 Å². The first-order chi connectivity index (χ1) is 12.5. The molecular weight excluding hydrogens is 501 g/mol. The highest BCUT2D eigenvalue weighted by atomic mass is 79.9. The minimum Gasteiger partial charge on any atom is -0.487 e. The summed E-state index contributed by atoms with van der Waals surface area (Å²) in [6, 6.07) is 19.3. The minimum absolute atomic E-state index is 0.397. The molecule has 26 heavy (non-hydrogen) atoms. The SMILES string of the molecule is Clc1ccc(NCc2cc(Br)cc(Br)c2OCc2ccccc2Cl)cc1. The topological polar surface area (TPSA) is 21.3 Å². The molecule has 6 heteroatoms. The third kappa shape index (κ3) is 5.17. The van der Waals surface area contributed by atoms with Crippen LogP contribution in [0.2, 0.25) is 10.0 Å². The standard InChI is InChI=1S/C20H15Br2Cl2NO/c21-15-9-14(11-25-17-7-5-16(23)6-8-17)20(18(22)10-15)26-12-13-3-1-2-4-19(13)24/h1-10,25H,11-12H2. The summed E-state index contributed by atoms with van der Waals surface area (Å²) < 4.78 is 7.94. The Bertz CT molecular complexity index is 901. The van der Waals surface area contributed by atoms with E-state index in [1.165, 1.54) is 0 Å². The molecule has 0 aliphatic rings. The number of rotatable bonds is 6. The molecule has 2 nitrogen and oxygen atoms in total. The maximum atomic E-state index is 6.23. The van der Waals surface area contributed by atoms with Crippen LogP contribution in [0, 0.1) is 0 Å². The van der Waals surface area contributed by atoms with E-state index >= 15 is 0 Å². The van der Waals surface area contributed by atoms with E-state index < -0.39 is 0 Å². The lowest BCUT2D eigenvalue weighted by atomic mass is 10.2. The summed E-state index contributed by atoms with van der Waals surface area (Å²) >= 11 is 19.3. The number of halogens is 4. The predicted molar refractivity (Wildman–Crippen MR) is 116 cm³/mol. The Balaban J connectivity index is 1.78. The van der Waals surface area contributed by atoms with Crippen molar-refractivity contribution in [2.45, 2.75) is 13.2 Å². The molecule has 0 unspecified atom stereocenters. The van der Waals surface area contributed by atoms with Gasteiger partial charge >= 0.3 is 0 Å². The lowest BCUT2D eigenvalue weighted by Gasteiger charge is -2.16. The maximum absolute atomic E-state index is 6.23. The predicted octanol–water partition coefficient (Wildman–Crippen LogP) is 7.71. The van der Waals surface area contributed by atoms with Gasteiger partial charge in [0.05, 0.1) is 4.47 Å². The minimum atomic E-state index is 0.397. The number of benzene rings is 3. The second-order valence-electron chi connectivity index (χ2n) is 5.62. The second kappa shape index (κ2) is 9.14. The maximum Gasteiger partial charge on any atom is 0.139 e. The number of nitrogens with one attached hydrogen (secondary N) is 1. The quantitative estimate of drug-likeness (QED) is 0.363. The molecule has 3 aromatic carbocycles. The summed E-state index contributed by atoms with van der Waals surface area (Å²) in [6.07, 6.45) is 0. The Morgan fingerprint density at radius 2 is 1.62 bits per heavy atom. The van der Waals surface area contributed by atoms with Crippen molar-refractivity contribution >= 4 is 60.7 Å². The Kier molecular flexibility index (Phi) is 6.87. The molecule has 0 fully saturated rings. The van der Waals surface area contributed by atoms with E-state index in [1.54, 1.807) is 0 Å². The Morgan fingerprint density at radius 3 is 2.35 bits per heavy atom. The van der Waals surface area contributed by atoms with Crippen molar-refractivity contribution in [1.82, 2.24) is 0 Å². The van der Waals surface area contributed by atoms with Crippen molar-refractivity contribution in [1.29, 1.82) is 0 Å². The molecule has 0 aliphatic carbocycles. The third-order valence-electron chi connectivity index (χ3n) is 3.74. The first-order valence-corrected chi connectivity index (χ1v) is 10.2. The summed E-state index contributed by atoms with van der Waals surface area (Å²) in [6.45, 7) is 1.01. The van der Waals surface area contributed by atoms with Crippen molar-refractivity contribution in [3.63, 3.8) is 0 Å². The lowest BCUT2D eigenvalue weighted by Crippen LogP contribution is -2.05. The molecular formula is C20H15Br2Cl2NO. The molecule has 134 valence electrons. The van der Waals surface area contributed by atoms with Gasteiger partial charge in [0, 0.05) is 37.9 Å². The molecule has 1 N–H and O–H groups in total. The summed E-state index contributed by atoms with van der Waals surface area (Å²) in [5.74, 6) is 0.787. The van der Waals surface area contributed by atoms with Gasteiger partial charge in [0.25, 0.3) is 0 Å². The lowest BCUT2D eigenvalue weighted by molar-refractivity contribution is 0.301. The van der Waals surface area contributed by atoms with Gasteiger partial charge in [-0.25, -0.2) is 0 Å². The van der Waals surface area contributed by atoms with Crippen molar-refractivity contribution in [2.75, 3.05) is 5.32 Å². The van der Waals surface area contributed by atoms with Crippen LogP contribution < -0.4 is 10.1 Å². The Morgan fingerprint density at radius 1 is 0.885 bits per heavy atom. The van der Waals surface area contributed by atoms with Crippen molar-refractivity contribution in [3.05, 3.63) is 90.8 Å². The molecule has 0 radical (unpaired) electrons. The second-order valence-corrected chi connectivity index (χ2v) is 8.23. The monoisotopic (exact) mass is 513 g/mol. The van der Waals surface area contributed by atoms with Gasteiger partial charge in [-0.3, -0.25) is 0 Å². The molecule has 0 bridgehead atoms. The van der Waals surface area contributed by atoms with Crippen LogP contribution in [-0.2, 0) is 13.2 Å². The van der Waals surface area contributed by atoms with Crippen molar-refractivity contribution in [2.24, 2.45) is 0 Å². The van der Waals surface area contributed by atoms with E-state index in [2.05, 4.69) is 37.2 Å². The van der Waals surface area contributed by atoms with E-state index in [4.69, 9.17) is 27.9 Å². The normalized spacial score (nSPS) is 10.6. The summed E-state index contributed by atoms with van der Waals surface area (Å²) in [5.41, 5.74) is 2.96. The largest absolute Gasteiger partial charge is 0.487 e. The molecule has 0 saturated heterocycles. The molecule has 0 amide bonds. The van der Waals surface area contributed by atoms with Gasteiger partial charge < -0.3 is 10.1 Å². The van der Waals surface area contributed by atoms with Crippen LogP contribution in [0.3, 0.4) is 0 Å². The van der Waals surface area contributed by atoms with Gasteiger partial charge in [-0.1, -0.05) is 57.3 Å². The first-order valence-electron chi connectivity index (χ1n) is 7.86. The van der Waals surface area contributed by atoms with Gasteiger partial charge in [0.1, 0.15) is 12.4 Å². The molecule has 0 saturated carbocycles. The van der Waals surface area contributed by atoms with Gasteiger partial charge in [0.2, 0.25) is 0 Å². The Labute approximate surface area is 179 Å². The van der Waals surface area contributed by atoms with Crippen molar-refractivity contribution < 1.29 is 4.74 Å².